The van der Waals surface area contributed by atoms with Crippen molar-refractivity contribution in [3.8, 4) is 11.5 Å². The molecule has 0 bridgehead atoms. The number of carbonyl (C=O) groups excluding carboxylic acids is 3. The maximum Gasteiger partial charge on any atom is 0.321 e. The molecule has 4 amide bonds. The number of aryl methyl sites for hydroxylation is 1. The molecular weight excluding hydrogens is 470 g/mol. The first kappa shape index (κ1) is 23.8. The molecule has 0 saturated carbocycles. The number of anilines is 2. The topological polar surface area (TPSA) is 117 Å². The van der Waals surface area contributed by atoms with Crippen LogP contribution in [0.2, 0.25) is 0 Å². The van der Waals surface area contributed by atoms with E-state index in [-0.39, 0.29) is 24.4 Å². The number of rotatable bonds is 7. The van der Waals surface area contributed by atoms with Crippen LogP contribution in [0.1, 0.15) is 32.2 Å². The summed E-state index contributed by atoms with van der Waals surface area (Å²) in [5.74, 6) is 0.478. The molecule has 5 rings (SSSR count). The number of oxazole rings is 1. The Morgan fingerprint density at radius 2 is 1.76 bits per heavy atom. The molecule has 186 valence electrons. The van der Waals surface area contributed by atoms with Gasteiger partial charge in [0.1, 0.15) is 11.5 Å². The van der Waals surface area contributed by atoms with E-state index < -0.39 is 0 Å². The molecule has 1 fully saturated rings. The molecule has 9 nitrogen and oxygen atoms in total. The van der Waals surface area contributed by atoms with Crippen molar-refractivity contribution >= 4 is 29.2 Å². The van der Waals surface area contributed by atoms with E-state index >= 15 is 0 Å². The highest BCUT2D eigenvalue weighted by Crippen LogP contribution is 2.25. The monoisotopic (exact) mass is 495 g/mol. The number of carbonyl (C=O) groups is 3. The van der Waals surface area contributed by atoms with Gasteiger partial charge in [0.2, 0.25) is 5.89 Å². The van der Waals surface area contributed by atoms with Gasteiger partial charge in [0.15, 0.2) is 0 Å². The summed E-state index contributed by atoms with van der Waals surface area (Å²) in [6.45, 7) is 3.09. The Balaban J connectivity index is 1.25. The minimum atomic E-state index is -0.281. The highest BCUT2D eigenvalue weighted by molar-refractivity contribution is 6.04. The van der Waals surface area contributed by atoms with E-state index in [1.165, 1.54) is 0 Å². The van der Waals surface area contributed by atoms with Crippen LogP contribution in [0.15, 0.2) is 83.3 Å². The summed E-state index contributed by atoms with van der Waals surface area (Å²) < 4.78 is 5.86. The maximum atomic E-state index is 12.8. The minimum absolute atomic E-state index is 0.174. The fourth-order valence-corrected chi connectivity index (χ4v) is 4.04. The van der Waals surface area contributed by atoms with Gasteiger partial charge in [0.05, 0.1) is 6.54 Å². The Morgan fingerprint density at radius 1 is 0.973 bits per heavy atom. The molecule has 0 atom stereocenters. The first-order valence-corrected chi connectivity index (χ1v) is 11.8. The molecule has 0 spiro atoms. The van der Waals surface area contributed by atoms with Crippen molar-refractivity contribution < 1.29 is 18.8 Å². The summed E-state index contributed by atoms with van der Waals surface area (Å²) in [6, 6.07) is 23.0. The molecule has 2 heterocycles. The molecule has 0 radical (unpaired) electrons. The average molecular weight is 496 g/mol. The van der Waals surface area contributed by atoms with Crippen molar-refractivity contribution in [2.45, 2.75) is 13.5 Å². The first-order chi connectivity index (χ1) is 18.0. The third-order valence-electron chi connectivity index (χ3n) is 5.99. The van der Waals surface area contributed by atoms with Gasteiger partial charge < -0.3 is 20.4 Å². The SMILES string of the molecule is Cc1oc(-c2cccc(NC(=O)c3ccccc3)c2)nc1CNC(=O)c1cccc(N2CCNC2=O)c1. The number of hydrogen-bond donors (Lipinski definition) is 3. The summed E-state index contributed by atoms with van der Waals surface area (Å²) in [5.41, 5.74) is 3.58. The van der Waals surface area contributed by atoms with Crippen molar-refractivity contribution in [2.75, 3.05) is 23.3 Å². The zero-order valence-electron chi connectivity index (χ0n) is 20.2. The number of aromatic nitrogens is 1. The number of nitrogens with one attached hydrogen (secondary N) is 3. The van der Waals surface area contributed by atoms with E-state index in [0.29, 0.717) is 58.5 Å². The van der Waals surface area contributed by atoms with Crippen molar-refractivity contribution in [3.63, 3.8) is 0 Å². The van der Waals surface area contributed by atoms with Crippen molar-refractivity contribution in [1.29, 1.82) is 0 Å². The van der Waals surface area contributed by atoms with Crippen LogP contribution in [-0.4, -0.2) is 35.9 Å². The highest BCUT2D eigenvalue weighted by atomic mass is 16.4. The molecule has 0 aliphatic carbocycles. The molecule has 1 saturated heterocycles. The second-order valence-corrected chi connectivity index (χ2v) is 8.54. The Bertz CT molecular complexity index is 1460. The molecule has 1 aromatic heterocycles. The zero-order valence-corrected chi connectivity index (χ0v) is 20.2. The fraction of sp³-hybridized carbons (Fsp3) is 0.143. The number of benzene rings is 3. The summed E-state index contributed by atoms with van der Waals surface area (Å²) >= 11 is 0. The molecule has 0 unspecified atom stereocenters. The molecular formula is C28H25N5O4. The van der Waals surface area contributed by atoms with E-state index in [1.807, 2.05) is 30.3 Å². The van der Waals surface area contributed by atoms with Gasteiger partial charge >= 0.3 is 6.03 Å². The normalized spacial score (nSPS) is 12.8. The number of urea groups is 1. The first-order valence-electron chi connectivity index (χ1n) is 11.8. The third kappa shape index (κ3) is 5.35. The Hall–Kier alpha value is -4.92. The molecule has 37 heavy (non-hydrogen) atoms. The largest absolute Gasteiger partial charge is 0.441 e. The zero-order chi connectivity index (χ0) is 25.8. The van der Waals surface area contributed by atoms with Crippen molar-refractivity contribution in [1.82, 2.24) is 15.6 Å². The van der Waals surface area contributed by atoms with Gasteiger partial charge in [-0.25, -0.2) is 9.78 Å². The van der Waals surface area contributed by atoms with Gasteiger partial charge in [-0.2, -0.15) is 0 Å². The lowest BCUT2D eigenvalue weighted by Gasteiger charge is -2.15. The van der Waals surface area contributed by atoms with Crippen LogP contribution in [0.3, 0.4) is 0 Å². The van der Waals surface area contributed by atoms with E-state index in [0.717, 1.165) is 0 Å². The van der Waals surface area contributed by atoms with Crippen molar-refractivity contribution in [3.05, 3.63) is 101 Å². The quantitative estimate of drug-likeness (QED) is 0.352. The predicted octanol–water partition coefficient (Wildman–Crippen LogP) is 4.36. The van der Waals surface area contributed by atoms with Crippen LogP contribution < -0.4 is 20.9 Å². The van der Waals surface area contributed by atoms with Gasteiger partial charge in [-0.05, 0) is 55.5 Å². The van der Waals surface area contributed by atoms with Crippen LogP contribution in [-0.2, 0) is 6.54 Å². The van der Waals surface area contributed by atoms with Crippen LogP contribution in [0.4, 0.5) is 16.2 Å². The Morgan fingerprint density at radius 3 is 2.54 bits per heavy atom. The lowest BCUT2D eigenvalue weighted by atomic mass is 10.1. The standard InChI is InChI=1S/C28H25N5O4/c1-18-24(17-30-25(34)20-9-6-12-23(16-20)33-14-13-29-28(33)36)32-27(37-18)21-10-5-11-22(15-21)31-26(35)19-7-3-2-4-8-19/h2-12,15-16H,13-14,17H2,1H3,(H,29,36)(H,30,34)(H,31,35). The summed E-state index contributed by atoms with van der Waals surface area (Å²) in [4.78, 5) is 43.4. The lowest BCUT2D eigenvalue weighted by molar-refractivity contribution is 0.0949. The van der Waals surface area contributed by atoms with E-state index in [1.54, 1.807) is 60.4 Å². The summed E-state index contributed by atoms with van der Waals surface area (Å²) in [6.07, 6.45) is 0. The lowest BCUT2D eigenvalue weighted by Crippen LogP contribution is -2.28. The van der Waals surface area contributed by atoms with E-state index in [2.05, 4.69) is 20.9 Å². The Kier molecular flexibility index (Phi) is 6.67. The van der Waals surface area contributed by atoms with Crippen LogP contribution in [0.5, 0.6) is 0 Å². The van der Waals surface area contributed by atoms with Crippen molar-refractivity contribution in [2.24, 2.45) is 0 Å². The van der Waals surface area contributed by atoms with E-state index in [4.69, 9.17) is 4.42 Å². The van der Waals surface area contributed by atoms with Gasteiger partial charge in [-0.3, -0.25) is 14.5 Å². The molecule has 4 aromatic rings. The third-order valence-corrected chi connectivity index (χ3v) is 5.99. The second-order valence-electron chi connectivity index (χ2n) is 8.54. The highest BCUT2D eigenvalue weighted by Gasteiger charge is 2.22. The minimum Gasteiger partial charge on any atom is -0.441 e. The number of amides is 4. The summed E-state index contributed by atoms with van der Waals surface area (Å²) in [5, 5.41) is 8.50. The maximum absolute atomic E-state index is 12.8. The van der Waals surface area contributed by atoms with Gasteiger partial charge in [-0.1, -0.05) is 30.3 Å². The van der Waals surface area contributed by atoms with Crippen LogP contribution in [0.25, 0.3) is 11.5 Å². The smallest absolute Gasteiger partial charge is 0.321 e. The number of hydrogen-bond acceptors (Lipinski definition) is 5. The molecule has 3 N–H and O–H groups in total. The van der Waals surface area contributed by atoms with Gasteiger partial charge in [-0.15, -0.1) is 0 Å². The molecule has 9 heteroatoms. The Labute approximate surface area is 213 Å². The molecule has 1 aliphatic heterocycles. The van der Waals surface area contributed by atoms with Crippen LogP contribution in [0, 0.1) is 6.92 Å². The van der Waals surface area contributed by atoms with Crippen LogP contribution >= 0.6 is 0 Å². The van der Waals surface area contributed by atoms with Gasteiger partial charge in [0.25, 0.3) is 11.8 Å². The molecule has 3 aromatic carbocycles. The van der Waals surface area contributed by atoms with E-state index in [9.17, 15) is 14.4 Å². The average Bonchev–Trinajstić information content (AvgIpc) is 3.53. The predicted molar refractivity (Wildman–Crippen MR) is 139 cm³/mol. The van der Waals surface area contributed by atoms with Gasteiger partial charge in [0, 0.05) is 41.2 Å². The fourth-order valence-electron chi connectivity index (χ4n) is 4.04. The number of nitrogens with zero attached hydrogens (tertiary/aromatic N) is 2. The molecule has 1 aliphatic rings. The summed E-state index contributed by atoms with van der Waals surface area (Å²) in [7, 11) is 0. The second kappa shape index (κ2) is 10.4.